The number of nitrogens with one attached hydrogen (secondary N) is 1. The lowest BCUT2D eigenvalue weighted by atomic mass is 9.95. The Kier molecular flexibility index (Phi) is 5.63. The molecule has 0 unspecified atom stereocenters. The van der Waals surface area contributed by atoms with Crippen LogP contribution >= 0.6 is 15.9 Å². The molecule has 3 nitrogen and oxygen atoms in total. The molecule has 3 rings (SSSR count). The van der Waals surface area contributed by atoms with Crippen LogP contribution in [-0.4, -0.2) is 23.9 Å². The summed E-state index contributed by atoms with van der Waals surface area (Å²) < 4.78 is 13.9. The summed E-state index contributed by atoms with van der Waals surface area (Å²) in [6, 6.07) is 14.3. The minimum Gasteiger partial charge on any atom is -0.326 e. The zero-order valence-corrected chi connectivity index (χ0v) is 14.9. The zero-order valence-electron chi connectivity index (χ0n) is 13.3. The number of anilines is 1. The number of nitrogens with zero attached hydrogens (tertiary/aromatic N) is 1. The number of carbonyl (C=O) groups excluding carboxylic acids is 1. The molecule has 0 radical (unpaired) electrons. The third-order valence-corrected chi connectivity index (χ3v) is 4.86. The number of hydrogen-bond acceptors (Lipinski definition) is 2. The molecule has 1 heterocycles. The Bertz CT molecular complexity index is 697. The van der Waals surface area contributed by atoms with Crippen LogP contribution in [0.5, 0.6) is 0 Å². The Balaban J connectivity index is 1.49. The van der Waals surface area contributed by atoms with E-state index in [9.17, 15) is 9.18 Å². The van der Waals surface area contributed by atoms with E-state index in [-0.39, 0.29) is 17.6 Å². The van der Waals surface area contributed by atoms with E-state index in [4.69, 9.17) is 0 Å². The molecule has 126 valence electrons. The van der Waals surface area contributed by atoms with E-state index in [0.29, 0.717) is 0 Å². The maximum absolute atomic E-state index is 12.9. The van der Waals surface area contributed by atoms with Crippen LogP contribution in [0.1, 0.15) is 18.4 Å². The Morgan fingerprint density at radius 1 is 1.17 bits per heavy atom. The number of likely N-dealkylation sites (tertiary alicyclic amines) is 1. The van der Waals surface area contributed by atoms with Crippen molar-refractivity contribution in [1.82, 2.24) is 4.90 Å². The molecule has 1 N–H and O–H groups in total. The van der Waals surface area contributed by atoms with Gasteiger partial charge in [-0.15, -0.1) is 0 Å². The number of amides is 1. The molecule has 0 bridgehead atoms. The molecule has 1 saturated heterocycles. The number of carbonyl (C=O) groups is 1. The first-order valence-electron chi connectivity index (χ1n) is 8.13. The number of piperidine rings is 1. The van der Waals surface area contributed by atoms with Crippen LogP contribution in [0.15, 0.2) is 53.0 Å². The molecule has 0 atom stereocenters. The molecule has 24 heavy (non-hydrogen) atoms. The van der Waals surface area contributed by atoms with Gasteiger partial charge < -0.3 is 5.32 Å². The van der Waals surface area contributed by atoms with Gasteiger partial charge in [-0.1, -0.05) is 34.1 Å². The van der Waals surface area contributed by atoms with Gasteiger partial charge >= 0.3 is 0 Å². The standard InChI is InChI=1S/C19H20BrFN2O/c20-16-2-1-3-18(12-16)22-19(24)15-8-10-23(11-9-15)13-14-4-6-17(21)7-5-14/h1-7,12,15H,8-11,13H2,(H,22,24). The van der Waals surface area contributed by atoms with Gasteiger partial charge in [-0.05, 0) is 61.8 Å². The fraction of sp³-hybridized carbons (Fsp3) is 0.316. The van der Waals surface area contributed by atoms with Gasteiger partial charge in [0.1, 0.15) is 5.82 Å². The fourth-order valence-electron chi connectivity index (χ4n) is 3.01. The molecule has 1 fully saturated rings. The van der Waals surface area contributed by atoms with Crippen LogP contribution in [0.25, 0.3) is 0 Å². The molecule has 2 aromatic carbocycles. The molecular weight excluding hydrogens is 371 g/mol. The maximum atomic E-state index is 12.9. The van der Waals surface area contributed by atoms with Crippen LogP contribution in [0.2, 0.25) is 0 Å². The Hall–Kier alpha value is -1.72. The van der Waals surface area contributed by atoms with E-state index in [1.807, 2.05) is 36.4 Å². The van der Waals surface area contributed by atoms with Crippen molar-refractivity contribution in [2.24, 2.45) is 5.92 Å². The molecule has 0 aromatic heterocycles. The number of hydrogen-bond donors (Lipinski definition) is 1. The maximum Gasteiger partial charge on any atom is 0.227 e. The lowest BCUT2D eigenvalue weighted by molar-refractivity contribution is -0.121. The fourth-order valence-corrected chi connectivity index (χ4v) is 3.41. The quantitative estimate of drug-likeness (QED) is 0.836. The third-order valence-electron chi connectivity index (χ3n) is 4.37. The van der Waals surface area contributed by atoms with Gasteiger partial charge in [0.25, 0.3) is 0 Å². The van der Waals surface area contributed by atoms with Crippen molar-refractivity contribution in [3.05, 3.63) is 64.4 Å². The van der Waals surface area contributed by atoms with Crippen molar-refractivity contribution in [3.8, 4) is 0 Å². The highest BCUT2D eigenvalue weighted by Gasteiger charge is 2.25. The normalized spacial score (nSPS) is 16.1. The average Bonchev–Trinajstić information content (AvgIpc) is 2.57. The zero-order chi connectivity index (χ0) is 16.9. The van der Waals surface area contributed by atoms with Crippen LogP contribution in [-0.2, 0) is 11.3 Å². The first-order chi connectivity index (χ1) is 11.6. The number of rotatable bonds is 4. The van der Waals surface area contributed by atoms with E-state index in [1.165, 1.54) is 12.1 Å². The summed E-state index contributed by atoms with van der Waals surface area (Å²) >= 11 is 3.41. The van der Waals surface area contributed by atoms with E-state index >= 15 is 0 Å². The van der Waals surface area contributed by atoms with Gasteiger partial charge in [-0.2, -0.15) is 0 Å². The summed E-state index contributed by atoms with van der Waals surface area (Å²) in [4.78, 5) is 14.7. The molecule has 0 aliphatic carbocycles. The molecule has 1 amide bonds. The summed E-state index contributed by atoms with van der Waals surface area (Å²) in [5.41, 5.74) is 1.93. The van der Waals surface area contributed by atoms with E-state index in [2.05, 4.69) is 26.1 Å². The lowest BCUT2D eigenvalue weighted by Gasteiger charge is -2.31. The highest BCUT2D eigenvalue weighted by Crippen LogP contribution is 2.22. The van der Waals surface area contributed by atoms with Gasteiger partial charge in [-0.3, -0.25) is 9.69 Å². The minimum atomic E-state index is -0.207. The van der Waals surface area contributed by atoms with Crippen LogP contribution < -0.4 is 5.32 Å². The second kappa shape index (κ2) is 7.90. The van der Waals surface area contributed by atoms with Gasteiger partial charge in [0.15, 0.2) is 0 Å². The van der Waals surface area contributed by atoms with Crippen molar-refractivity contribution < 1.29 is 9.18 Å². The topological polar surface area (TPSA) is 32.3 Å². The largest absolute Gasteiger partial charge is 0.326 e. The average molecular weight is 391 g/mol. The summed E-state index contributed by atoms with van der Waals surface area (Å²) in [6.07, 6.45) is 1.70. The van der Waals surface area contributed by atoms with Crippen LogP contribution in [0, 0.1) is 11.7 Å². The Morgan fingerprint density at radius 2 is 1.88 bits per heavy atom. The summed E-state index contributed by atoms with van der Waals surface area (Å²) in [5.74, 6) is -0.0651. The molecule has 1 aliphatic rings. The SMILES string of the molecule is O=C(Nc1cccc(Br)c1)C1CCN(Cc2ccc(F)cc2)CC1. The second-order valence-corrected chi connectivity index (χ2v) is 7.09. The van der Waals surface area contributed by atoms with Crippen molar-refractivity contribution in [1.29, 1.82) is 0 Å². The number of benzene rings is 2. The first kappa shape index (κ1) is 17.1. The number of halogens is 2. The monoisotopic (exact) mass is 390 g/mol. The molecule has 2 aromatic rings. The van der Waals surface area contributed by atoms with Crippen molar-refractivity contribution in [2.45, 2.75) is 19.4 Å². The summed E-state index contributed by atoms with van der Waals surface area (Å²) in [6.45, 7) is 2.57. The predicted octanol–water partition coefficient (Wildman–Crippen LogP) is 4.44. The predicted molar refractivity (Wildman–Crippen MR) is 97.2 cm³/mol. The molecule has 1 aliphatic heterocycles. The van der Waals surface area contributed by atoms with E-state index < -0.39 is 0 Å². The van der Waals surface area contributed by atoms with Gasteiger partial charge in [0, 0.05) is 22.6 Å². The summed E-state index contributed by atoms with van der Waals surface area (Å²) in [5, 5.41) is 2.99. The molecule has 0 spiro atoms. The van der Waals surface area contributed by atoms with E-state index in [1.54, 1.807) is 0 Å². The highest BCUT2D eigenvalue weighted by atomic mass is 79.9. The van der Waals surface area contributed by atoms with Gasteiger partial charge in [0.2, 0.25) is 5.91 Å². The Labute approximate surface area is 150 Å². The van der Waals surface area contributed by atoms with Gasteiger partial charge in [-0.25, -0.2) is 4.39 Å². The highest BCUT2D eigenvalue weighted by molar-refractivity contribution is 9.10. The van der Waals surface area contributed by atoms with Crippen LogP contribution in [0.4, 0.5) is 10.1 Å². The smallest absolute Gasteiger partial charge is 0.227 e. The molecule has 0 saturated carbocycles. The second-order valence-electron chi connectivity index (χ2n) is 6.18. The van der Waals surface area contributed by atoms with Crippen molar-refractivity contribution in [2.75, 3.05) is 18.4 Å². The first-order valence-corrected chi connectivity index (χ1v) is 8.93. The third kappa shape index (κ3) is 4.65. The summed E-state index contributed by atoms with van der Waals surface area (Å²) in [7, 11) is 0. The molecular formula is C19H20BrFN2O. The van der Waals surface area contributed by atoms with E-state index in [0.717, 1.165) is 48.2 Å². The van der Waals surface area contributed by atoms with Crippen LogP contribution in [0.3, 0.4) is 0 Å². The van der Waals surface area contributed by atoms with Crippen molar-refractivity contribution >= 4 is 27.5 Å². The lowest BCUT2D eigenvalue weighted by Crippen LogP contribution is -2.37. The Morgan fingerprint density at radius 3 is 2.54 bits per heavy atom. The minimum absolute atomic E-state index is 0.0495. The van der Waals surface area contributed by atoms with Gasteiger partial charge in [0.05, 0.1) is 0 Å². The van der Waals surface area contributed by atoms with Crippen molar-refractivity contribution in [3.63, 3.8) is 0 Å². The molecule has 5 heteroatoms.